The highest BCUT2D eigenvalue weighted by atomic mass is 79.9. The number of thiazole rings is 1. The van der Waals surface area contributed by atoms with Crippen LogP contribution in [0.25, 0.3) is 0 Å². The quantitative estimate of drug-likeness (QED) is 0.763. The molecule has 9 heteroatoms. The number of aromatic nitrogens is 1. The average molecular weight is 394 g/mol. The number of nitrogens with one attached hydrogen (secondary N) is 1. The molecule has 0 aliphatic heterocycles. The van der Waals surface area contributed by atoms with Crippen molar-refractivity contribution < 1.29 is 12.8 Å². The Morgan fingerprint density at radius 3 is 2.81 bits per heavy atom. The predicted octanol–water partition coefficient (Wildman–Crippen LogP) is 2.46. The molecule has 2 aromatic rings. The summed E-state index contributed by atoms with van der Waals surface area (Å²) < 4.78 is 40.5. The van der Waals surface area contributed by atoms with Crippen molar-refractivity contribution in [3.63, 3.8) is 0 Å². The van der Waals surface area contributed by atoms with E-state index in [9.17, 15) is 12.8 Å². The molecule has 0 amide bonds. The van der Waals surface area contributed by atoms with Gasteiger partial charge in [0.1, 0.15) is 4.90 Å². The summed E-state index contributed by atoms with van der Waals surface area (Å²) in [5.74, 6) is -0.859. The summed E-state index contributed by atoms with van der Waals surface area (Å²) in [6.07, 6.45) is 0.447. The van der Waals surface area contributed by atoms with Crippen molar-refractivity contribution in [2.75, 3.05) is 12.3 Å². The summed E-state index contributed by atoms with van der Waals surface area (Å²) in [7, 11) is -3.96. The molecule has 0 aliphatic carbocycles. The highest BCUT2D eigenvalue weighted by Gasteiger charge is 2.21. The van der Waals surface area contributed by atoms with Crippen LogP contribution in [0.1, 0.15) is 10.7 Å². The number of nitrogens with two attached hydrogens (primary N) is 1. The first-order chi connectivity index (χ1) is 9.79. The Kier molecular flexibility index (Phi) is 4.97. The number of aryl methyl sites for hydroxylation is 1. The molecule has 21 heavy (non-hydrogen) atoms. The number of nitrogen functional groups attached to an aromatic ring is 1. The molecule has 114 valence electrons. The predicted molar refractivity (Wildman–Crippen MR) is 84.3 cm³/mol. The van der Waals surface area contributed by atoms with E-state index < -0.39 is 20.7 Å². The van der Waals surface area contributed by atoms with Gasteiger partial charge in [-0.1, -0.05) is 0 Å². The van der Waals surface area contributed by atoms with Crippen molar-refractivity contribution in [2.45, 2.75) is 18.2 Å². The first-order valence-electron chi connectivity index (χ1n) is 5.95. The number of hydrogen-bond donors (Lipinski definition) is 2. The molecule has 0 saturated carbocycles. The van der Waals surface area contributed by atoms with Crippen LogP contribution in [-0.2, 0) is 16.4 Å². The van der Waals surface area contributed by atoms with E-state index in [0.29, 0.717) is 6.42 Å². The van der Waals surface area contributed by atoms with Crippen molar-refractivity contribution in [3.8, 4) is 0 Å². The standard InChI is InChI=1S/C12H13BrFN3O2S2/c1-7-6-20-11(17-7)2-3-16-21(18,19)10-5-8(15)4-9(13)12(10)14/h4-6,16H,2-3,15H2,1H3. The molecule has 1 heterocycles. The van der Waals surface area contributed by atoms with Gasteiger partial charge in [-0.3, -0.25) is 0 Å². The second-order valence-electron chi connectivity index (χ2n) is 4.35. The zero-order valence-corrected chi connectivity index (χ0v) is 14.3. The SMILES string of the molecule is Cc1csc(CCNS(=O)(=O)c2cc(N)cc(Br)c2F)n1. The monoisotopic (exact) mass is 393 g/mol. The largest absolute Gasteiger partial charge is 0.399 e. The van der Waals surface area contributed by atoms with Gasteiger partial charge in [0.15, 0.2) is 5.82 Å². The fourth-order valence-corrected chi connectivity index (χ4v) is 4.22. The number of halogens is 2. The first kappa shape index (κ1) is 16.3. The van der Waals surface area contributed by atoms with Gasteiger partial charge in [0.2, 0.25) is 10.0 Å². The Morgan fingerprint density at radius 2 is 2.19 bits per heavy atom. The molecule has 1 aromatic carbocycles. The number of hydrogen-bond acceptors (Lipinski definition) is 5. The van der Waals surface area contributed by atoms with E-state index in [0.717, 1.165) is 16.8 Å². The third-order valence-corrected chi connectivity index (χ3v) is 5.67. The molecular formula is C12H13BrFN3O2S2. The van der Waals surface area contributed by atoms with Crippen molar-refractivity contribution in [1.82, 2.24) is 9.71 Å². The Labute approximate surface area is 134 Å². The van der Waals surface area contributed by atoms with Crippen molar-refractivity contribution in [3.05, 3.63) is 38.5 Å². The number of sulfonamides is 1. The molecule has 0 spiro atoms. The first-order valence-corrected chi connectivity index (χ1v) is 9.10. The summed E-state index contributed by atoms with van der Waals surface area (Å²) in [5.41, 5.74) is 6.61. The van der Waals surface area contributed by atoms with Gasteiger partial charge in [0.25, 0.3) is 0 Å². The molecule has 0 aliphatic rings. The Hall–Kier alpha value is -1.03. The third-order valence-electron chi connectivity index (χ3n) is 2.60. The fraction of sp³-hybridized carbons (Fsp3) is 0.250. The van der Waals surface area contributed by atoms with Gasteiger partial charge in [-0.2, -0.15) is 0 Å². The molecule has 1 aromatic heterocycles. The van der Waals surface area contributed by atoms with Crippen LogP contribution in [0.4, 0.5) is 10.1 Å². The van der Waals surface area contributed by atoms with Crippen molar-refractivity contribution >= 4 is 43.0 Å². The lowest BCUT2D eigenvalue weighted by Crippen LogP contribution is -2.27. The Morgan fingerprint density at radius 1 is 1.48 bits per heavy atom. The van der Waals surface area contributed by atoms with Crippen LogP contribution in [0.2, 0.25) is 0 Å². The maximum Gasteiger partial charge on any atom is 0.243 e. The molecule has 0 fully saturated rings. The number of nitrogens with zero attached hydrogens (tertiary/aromatic N) is 1. The molecule has 0 bridgehead atoms. The zero-order chi connectivity index (χ0) is 15.6. The second-order valence-corrected chi connectivity index (χ2v) is 7.88. The van der Waals surface area contributed by atoms with Crippen molar-refractivity contribution in [2.24, 2.45) is 0 Å². The van der Waals surface area contributed by atoms with Crippen LogP contribution in [0.15, 0.2) is 26.9 Å². The molecule has 0 saturated heterocycles. The van der Waals surface area contributed by atoms with E-state index in [1.165, 1.54) is 17.4 Å². The van der Waals surface area contributed by atoms with E-state index in [4.69, 9.17) is 5.73 Å². The normalized spacial score (nSPS) is 11.8. The maximum atomic E-state index is 13.9. The smallest absolute Gasteiger partial charge is 0.243 e. The highest BCUT2D eigenvalue weighted by Crippen LogP contribution is 2.26. The highest BCUT2D eigenvalue weighted by molar-refractivity contribution is 9.10. The molecule has 3 N–H and O–H groups in total. The van der Waals surface area contributed by atoms with Gasteiger partial charge in [-0.15, -0.1) is 11.3 Å². The van der Waals surface area contributed by atoms with Gasteiger partial charge in [0.05, 0.1) is 9.48 Å². The maximum absolute atomic E-state index is 13.9. The molecule has 2 rings (SSSR count). The van der Waals surface area contributed by atoms with Gasteiger partial charge in [0, 0.05) is 29.7 Å². The van der Waals surface area contributed by atoms with E-state index in [-0.39, 0.29) is 16.7 Å². The van der Waals surface area contributed by atoms with Crippen LogP contribution in [0.3, 0.4) is 0 Å². The summed E-state index contributed by atoms with van der Waals surface area (Å²) in [6, 6.07) is 2.41. The molecule has 0 radical (unpaired) electrons. The zero-order valence-electron chi connectivity index (χ0n) is 11.1. The molecular weight excluding hydrogens is 381 g/mol. The summed E-state index contributed by atoms with van der Waals surface area (Å²) >= 11 is 4.40. The second kappa shape index (κ2) is 6.39. The lowest BCUT2D eigenvalue weighted by molar-refractivity contribution is 0.554. The third kappa shape index (κ3) is 4.00. The van der Waals surface area contributed by atoms with Crippen LogP contribution in [0.5, 0.6) is 0 Å². The molecule has 0 atom stereocenters. The molecule has 0 unspecified atom stereocenters. The average Bonchev–Trinajstić information content (AvgIpc) is 2.79. The number of benzene rings is 1. The van der Waals surface area contributed by atoms with Crippen LogP contribution in [-0.4, -0.2) is 19.9 Å². The van der Waals surface area contributed by atoms with Crippen molar-refractivity contribution in [1.29, 1.82) is 0 Å². The Bertz CT molecular complexity index is 762. The lowest BCUT2D eigenvalue weighted by Gasteiger charge is -2.09. The van der Waals surface area contributed by atoms with Crippen LogP contribution < -0.4 is 10.5 Å². The van der Waals surface area contributed by atoms with E-state index in [1.54, 1.807) is 0 Å². The van der Waals surface area contributed by atoms with E-state index in [2.05, 4.69) is 25.6 Å². The summed E-state index contributed by atoms with van der Waals surface area (Å²) in [5, 5.41) is 2.71. The Balaban J connectivity index is 2.12. The van der Waals surface area contributed by atoms with Gasteiger partial charge < -0.3 is 5.73 Å². The van der Waals surface area contributed by atoms with E-state index >= 15 is 0 Å². The van der Waals surface area contributed by atoms with Gasteiger partial charge in [-0.05, 0) is 35.0 Å². The summed E-state index contributed by atoms with van der Waals surface area (Å²) in [6.45, 7) is 2.00. The molecule has 5 nitrogen and oxygen atoms in total. The number of anilines is 1. The fourth-order valence-electron chi connectivity index (χ4n) is 1.67. The topological polar surface area (TPSA) is 85.1 Å². The lowest BCUT2D eigenvalue weighted by atomic mass is 10.3. The van der Waals surface area contributed by atoms with Gasteiger partial charge >= 0.3 is 0 Å². The van der Waals surface area contributed by atoms with Crippen LogP contribution >= 0.6 is 27.3 Å². The summed E-state index contributed by atoms with van der Waals surface area (Å²) in [4.78, 5) is 3.76. The number of rotatable bonds is 5. The minimum Gasteiger partial charge on any atom is -0.399 e. The van der Waals surface area contributed by atoms with Crippen LogP contribution in [0, 0.1) is 12.7 Å². The van der Waals surface area contributed by atoms with Gasteiger partial charge in [-0.25, -0.2) is 22.5 Å². The minimum atomic E-state index is -3.96. The van der Waals surface area contributed by atoms with E-state index in [1.807, 2.05) is 12.3 Å². The minimum absolute atomic E-state index is 0.0124.